The summed E-state index contributed by atoms with van der Waals surface area (Å²) in [6, 6.07) is 5.23. The van der Waals surface area contributed by atoms with E-state index in [4.69, 9.17) is 4.74 Å². The molecule has 2 rings (SSSR count). The van der Waals surface area contributed by atoms with Gasteiger partial charge in [0.05, 0.1) is 17.6 Å². The number of nitrogens with zero attached hydrogens (tertiary/aromatic N) is 1. The van der Waals surface area contributed by atoms with Crippen LogP contribution in [0.15, 0.2) is 27.6 Å². The molecule has 1 aliphatic rings. The standard InChI is InChI=1S/C13H19BrN2O3S/c1-10-3-4-13(12(14)7-10)20(17,18)16(2)9-11-8-15-5-6-19-11/h3-4,7,11,15H,5-6,8-9H2,1-2H3. The van der Waals surface area contributed by atoms with Crippen molar-refractivity contribution >= 4 is 26.0 Å². The zero-order chi connectivity index (χ0) is 14.8. The Balaban J connectivity index is 2.16. The molecule has 0 bridgehead atoms. The van der Waals surface area contributed by atoms with Crippen LogP contribution in [0.5, 0.6) is 0 Å². The van der Waals surface area contributed by atoms with Crippen LogP contribution in [0.1, 0.15) is 5.56 Å². The van der Waals surface area contributed by atoms with Gasteiger partial charge in [-0.05, 0) is 40.5 Å². The lowest BCUT2D eigenvalue weighted by atomic mass is 10.2. The van der Waals surface area contributed by atoms with Crippen molar-refractivity contribution in [1.29, 1.82) is 0 Å². The van der Waals surface area contributed by atoms with Gasteiger partial charge < -0.3 is 10.1 Å². The summed E-state index contributed by atoms with van der Waals surface area (Å²) >= 11 is 3.33. The second-order valence-corrected chi connectivity index (χ2v) is 7.78. The molecule has 0 aromatic heterocycles. The lowest BCUT2D eigenvalue weighted by Gasteiger charge is -2.27. The summed E-state index contributed by atoms with van der Waals surface area (Å²) in [6.07, 6.45) is -0.104. The minimum atomic E-state index is -3.51. The van der Waals surface area contributed by atoms with E-state index in [1.165, 1.54) is 4.31 Å². The number of sulfonamides is 1. The molecule has 0 aliphatic carbocycles. The number of aryl methyl sites for hydroxylation is 1. The molecule has 0 radical (unpaired) electrons. The second kappa shape index (κ2) is 6.53. The Kier molecular flexibility index (Phi) is 5.19. The number of halogens is 1. The van der Waals surface area contributed by atoms with Gasteiger partial charge in [-0.1, -0.05) is 6.07 Å². The fourth-order valence-electron chi connectivity index (χ4n) is 2.10. The van der Waals surface area contributed by atoms with Crippen LogP contribution < -0.4 is 5.32 Å². The molecule has 20 heavy (non-hydrogen) atoms. The van der Waals surface area contributed by atoms with Gasteiger partial charge in [-0.2, -0.15) is 4.31 Å². The van der Waals surface area contributed by atoms with Gasteiger partial charge in [0.1, 0.15) is 0 Å². The highest BCUT2D eigenvalue weighted by Crippen LogP contribution is 2.25. The summed E-state index contributed by atoms with van der Waals surface area (Å²) in [5, 5.41) is 3.19. The number of rotatable bonds is 4. The Hall–Kier alpha value is -0.470. The molecule has 1 unspecified atom stereocenters. The van der Waals surface area contributed by atoms with E-state index in [2.05, 4.69) is 21.2 Å². The molecule has 0 amide bonds. The Labute approximate surface area is 128 Å². The predicted octanol–water partition coefficient (Wildman–Crippen LogP) is 1.37. The maximum Gasteiger partial charge on any atom is 0.244 e. The van der Waals surface area contributed by atoms with Crippen molar-refractivity contribution in [2.24, 2.45) is 0 Å². The van der Waals surface area contributed by atoms with Crippen LogP contribution in [0.2, 0.25) is 0 Å². The molecule has 0 spiro atoms. The number of benzene rings is 1. The van der Waals surface area contributed by atoms with Crippen molar-refractivity contribution in [3.05, 3.63) is 28.2 Å². The molecule has 5 nitrogen and oxygen atoms in total. The highest BCUT2D eigenvalue weighted by atomic mass is 79.9. The fraction of sp³-hybridized carbons (Fsp3) is 0.538. The highest BCUT2D eigenvalue weighted by molar-refractivity contribution is 9.10. The Morgan fingerprint density at radius 3 is 2.85 bits per heavy atom. The third-order valence-electron chi connectivity index (χ3n) is 3.24. The van der Waals surface area contributed by atoms with Crippen LogP contribution in [0, 0.1) is 6.92 Å². The fourth-order valence-corrected chi connectivity index (χ4v) is 4.46. The van der Waals surface area contributed by atoms with Gasteiger partial charge in [0.15, 0.2) is 0 Å². The van der Waals surface area contributed by atoms with Crippen LogP contribution >= 0.6 is 15.9 Å². The summed E-state index contributed by atoms with van der Waals surface area (Å²) in [4.78, 5) is 0.286. The molecule has 1 heterocycles. The molecule has 1 aromatic rings. The molecule has 1 aromatic carbocycles. The largest absolute Gasteiger partial charge is 0.374 e. The van der Waals surface area contributed by atoms with Crippen LogP contribution in [0.4, 0.5) is 0 Å². The summed E-state index contributed by atoms with van der Waals surface area (Å²) in [5.41, 5.74) is 1.01. The summed E-state index contributed by atoms with van der Waals surface area (Å²) in [6.45, 7) is 4.38. The minimum absolute atomic E-state index is 0.104. The first-order valence-corrected chi connectivity index (χ1v) is 8.69. The lowest BCUT2D eigenvalue weighted by molar-refractivity contribution is 0.0206. The lowest BCUT2D eigenvalue weighted by Crippen LogP contribution is -2.45. The van der Waals surface area contributed by atoms with E-state index in [9.17, 15) is 8.42 Å². The van der Waals surface area contributed by atoms with Crippen LogP contribution in [0.3, 0.4) is 0 Å². The van der Waals surface area contributed by atoms with E-state index in [1.807, 2.05) is 6.92 Å². The summed E-state index contributed by atoms with van der Waals surface area (Å²) in [5.74, 6) is 0. The van der Waals surface area contributed by atoms with Crippen molar-refractivity contribution < 1.29 is 13.2 Å². The molecular weight excluding hydrogens is 344 g/mol. The minimum Gasteiger partial charge on any atom is -0.374 e. The SMILES string of the molecule is Cc1ccc(S(=O)(=O)N(C)CC2CNCCO2)c(Br)c1. The van der Waals surface area contributed by atoms with Crippen LogP contribution in [-0.2, 0) is 14.8 Å². The molecule has 0 saturated carbocycles. The Bertz CT molecular complexity index is 571. The Morgan fingerprint density at radius 1 is 1.50 bits per heavy atom. The predicted molar refractivity (Wildman–Crippen MR) is 81.3 cm³/mol. The van der Waals surface area contributed by atoms with E-state index in [-0.39, 0.29) is 11.0 Å². The average molecular weight is 363 g/mol. The normalized spacial score (nSPS) is 20.3. The molecular formula is C13H19BrN2O3S. The second-order valence-electron chi connectivity index (χ2n) is 4.92. The van der Waals surface area contributed by atoms with Gasteiger partial charge >= 0.3 is 0 Å². The van der Waals surface area contributed by atoms with Gasteiger partial charge in [0.2, 0.25) is 10.0 Å². The molecule has 1 N–H and O–H groups in total. The van der Waals surface area contributed by atoms with E-state index in [0.717, 1.165) is 12.1 Å². The van der Waals surface area contributed by atoms with E-state index in [0.29, 0.717) is 24.2 Å². The van der Waals surface area contributed by atoms with Gasteiger partial charge in [0.25, 0.3) is 0 Å². The molecule has 1 saturated heterocycles. The van der Waals surface area contributed by atoms with Gasteiger partial charge in [-0.25, -0.2) is 8.42 Å². The number of likely N-dealkylation sites (N-methyl/N-ethyl adjacent to an activating group) is 1. The average Bonchev–Trinajstić information content (AvgIpc) is 2.39. The summed E-state index contributed by atoms with van der Waals surface area (Å²) in [7, 11) is -1.92. The maximum absolute atomic E-state index is 12.6. The third-order valence-corrected chi connectivity index (χ3v) is 6.04. The van der Waals surface area contributed by atoms with Crippen molar-refractivity contribution in [3.63, 3.8) is 0 Å². The molecule has 112 valence electrons. The zero-order valence-corrected chi connectivity index (χ0v) is 14.0. The van der Waals surface area contributed by atoms with E-state index < -0.39 is 10.0 Å². The van der Waals surface area contributed by atoms with E-state index >= 15 is 0 Å². The zero-order valence-electron chi connectivity index (χ0n) is 11.6. The van der Waals surface area contributed by atoms with Crippen LogP contribution in [0.25, 0.3) is 0 Å². The molecule has 7 heteroatoms. The van der Waals surface area contributed by atoms with Crippen molar-refractivity contribution in [2.75, 3.05) is 33.3 Å². The highest BCUT2D eigenvalue weighted by Gasteiger charge is 2.26. The number of hydrogen-bond donors (Lipinski definition) is 1. The first kappa shape index (κ1) is 15.9. The smallest absolute Gasteiger partial charge is 0.244 e. The Morgan fingerprint density at radius 2 is 2.25 bits per heavy atom. The van der Waals surface area contributed by atoms with Crippen molar-refractivity contribution in [2.45, 2.75) is 17.9 Å². The van der Waals surface area contributed by atoms with Crippen molar-refractivity contribution in [1.82, 2.24) is 9.62 Å². The summed E-state index contributed by atoms with van der Waals surface area (Å²) < 4.78 is 32.6. The number of morpholine rings is 1. The van der Waals surface area contributed by atoms with E-state index in [1.54, 1.807) is 25.2 Å². The van der Waals surface area contributed by atoms with Crippen LogP contribution in [-0.4, -0.2) is 52.1 Å². The number of hydrogen-bond acceptors (Lipinski definition) is 4. The first-order chi connectivity index (χ1) is 9.41. The molecule has 1 fully saturated rings. The number of nitrogens with one attached hydrogen (secondary N) is 1. The first-order valence-electron chi connectivity index (χ1n) is 6.46. The quantitative estimate of drug-likeness (QED) is 0.878. The topological polar surface area (TPSA) is 58.6 Å². The molecule has 1 aliphatic heterocycles. The van der Waals surface area contributed by atoms with Gasteiger partial charge in [-0.3, -0.25) is 0 Å². The van der Waals surface area contributed by atoms with Gasteiger partial charge in [-0.15, -0.1) is 0 Å². The molecule has 1 atom stereocenters. The number of ether oxygens (including phenoxy) is 1. The third kappa shape index (κ3) is 3.59. The van der Waals surface area contributed by atoms with Gasteiger partial charge in [0, 0.05) is 31.2 Å². The monoisotopic (exact) mass is 362 g/mol. The van der Waals surface area contributed by atoms with Crippen molar-refractivity contribution in [3.8, 4) is 0 Å². The maximum atomic E-state index is 12.6.